The highest BCUT2D eigenvalue weighted by atomic mass is 127. The summed E-state index contributed by atoms with van der Waals surface area (Å²) in [7, 11) is 0. The number of carbonyl (C=O) groups is 1. The Kier molecular flexibility index (Phi) is 6.06. The highest BCUT2D eigenvalue weighted by Gasteiger charge is 1.79. The normalized spacial score (nSPS) is 7.78. The van der Waals surface area contributed by atoms with Gasteiger partial charge in [0.1, 0.15) is 0 Å². The number of hydrogen-bond acceptors (Lipinski definition) is 1. The molecule has 0 aliphatic carbocycles. The minimum absolute atomic E-state index is 0.0385. The first-order valence-electron chi connectivity index (χ1n) is 2.82. The summed E-state index contributed by atoms with van der Waals surface area (Å²) in [5, 5.41) is 0. The lowest BCUT2D eigenvalue weighted by molar-refractivity contribution is -0.111. The minimum atomic E-state index is -0.0385. The quantitative estimate of drug-likeness (QED) is 0.235. The van der Waals surface area contributed by atoms with Crippen LogP contribution in [0.1, 0.15) is 19.8 Å². The zero-order chi connectivity index (χ0) is 7.11. The number of unbranched alkanes of at least 4 members (excludes halogenated alkanes) is 1. The summed E-state index contributed by atoms with van der Waals surface area (Å²) >= 11 is 2.29. The van der Waals surface area contributed by atoms with E-state index in [2.05, 4.69) is 34.4 Å². The van der Waals surface area contributed by atoms with Gasteiger partial charge in [0.05, 0.1) is 0 Å². The number of carbonyl (C=O) groups excluding carboxylic acids is 1. The van der Waals surface area contributed by atoms with Crippen LogP contribution in [0.4, 0.5) is 0 Å². The third-order valence-corrected chi connectivity index (χ3v) is 1.46. The van der Waals surface area contributed by atoms with E-state index in [1.54, 1.807) is 0 Å². The molecule has 9 heavy (non-hydrogen) atoms. The van der Waals surface area contributed by atoms with E-state index in [0.717, 1.165) is 17.3 Å². The molecule has 0 bridgehead atoms. The highest BCUT2D eigenvalue weighted by molar-refractivity contribution is 14.1. The third-order valence-electron chi connectivity index (χ3n) is 0.700. The van der Waals surface area contributed by atoms with E-state index >= 15 is 0 Å². The van der Waals surface area contributed by atoms with Gasteiger partial charge in [-0.25, -0.2) is 0 Å². The number of alkyl halides is 1. The Morgan fingerprint density at radius 3 is 2.78 bits per heavy atom. The lowest BCUT2D eigenvalue weighted by atomic mass is 10.3. The van der Waals surface area contributed by atoms with E-state index < -0.39 is 0 Å². The number of rotatable bonds is 2. The summed E-state index contributed by atoms with van der Waals surface area (Å²) in [5.41, 5.74) is 0. The molecule has 0 saturated carbocycles. The predicted molar refractivity (Wildman–Crippen MR) is 46.6 cm³/mol. The summed E-state index contributed by atoms with van der Waals surface area (Å²) in [6, 6.07) is 0. The minimum Gasteiger partial charge on any atom is -0.285 e. The molecule has 50 valence electrons. The van der Waals surface area contributed by atoms with Gasteiger partial charge in [-0.2, -0.15) is 0 Å². The molecule has 0 aromatic rings. The second-order valence-corrected chi connectivity index (χ2v) is 2.73. The average Bonchev–Trinajstić information content (AvgIpc) is 1.80. The molecule has 0 rings (SSSR count). The van der Waals surface area contributed by atoms with Crippen LogP contribution in [0.3, 0.4) is 0 Å². The standard InChI is InChI=1S/C7H9IO/c1-7(9)5-3-2-4-6-8/h2,4,6H2,1H3. The van der Waals surface area contributed by atoms with Gasteiger partial charge < -0.3 is 0 Å². The van der Waals surface area contributed by atoms with E-state index in [-0.39, 0.29) is 5.78 Å². The van der Waals surface area contributed by atoms with Crippen molar-refractivity contribution in [2.24, 2.45) is 0 Å². The second kappa shape index (κ2) is 6.09. The van der Waals surface area contributed by atoms with Crippen LogP contribution in [0.15, 0.2) is 0 Å². The molecule has 0 unspecified atom stereocenters. The molecule has 1 nitrogen and oxygen atoms in total. The van der Waals surface area contributed by atoms with Crippen LogP contribution >= 0.6 is 22.6 Å². The average molecular weight is 236 g/mol. The predicted octanol–water partition coefficient (Wildman–Crippen LogP) is 1.79. The molecule has 0 fully saturated rings. The van der Waals surface area contributed by atoms with Crippen molar-refractivity contribution in [3.63, 3.8) is 0 Å². The Morgan fingerprint density at radius 2 is 2.33 bits per heavy atom. The van der Waals surface area contributed by atoms with Crippen molar-refractivity contribution >= 4 is 28.4 Å². The summed E-state index contributed by atoms with van der Waals surface area (Å²) in [6.45, 7) is 1.48. The number of halogens is 1. The Hall–Kier alpha value is -0.0400. The molecular weight excluding hydrogens is 227 g/mol. The molecule has 0 N–H and O–H groups in total. The van der Waals surface area contributed by atoms with Crippen LogP contribution in [-0.4, -0.2) is 10.2 Å². The number of Topliss-reactive ketones (excluding diaryl/α,β-unsaturated/α-hetero) is 1. The molecule has 2 heteroatoms. The van der Waals surface area contributed by atoms with Crippen molar-refractivity contribution in [2.75, 3.05) is 4.43 Å². The Bertz CT molecular complexity index is 141. The van der Waals surface area contributed by atoms with Crippen LogP contribution in [0.2, 0.25) is 0 Å². The fourth-order valence-corrected chi connectivity index (χ4v) is 0.724. The molecule has 0 amide bonds. The zero-order valence-electron chi connectivity index (χ0n) is 5.41. The monoisotopic (exact) mass is 236 g/mol. The van der Waals surface area contributed by atoms with Gasteiger partial charge >= 0.3 is 0 Å². The van der Waals surface area contributed by atoms with Gasteiger partial charge in [0, 0.05) is 17.8 Å². The maximum absolute atomic E-state index is 10.2. The number of hydrogen-bond donors (Lipinski definition) is 0. The smallest absolute Gasteiger partial charge is 0.202 e. The van der Waals surface area contributed by atoms with Crippen molar-refractivity contribution in [3.05, 3.63) is 0 Å². The van der Waals surface area contributed by atoms with Gasteiger partial charge in [-0.15, -0.1) is 0 Å². The summed E-state index contributed by atoms with van der Waals surface area (Å²) in [4.78, 5) is 10.2. The van der Waals surface area contributed by atoms with Crippen LogP contribution in [0.5, 0.6) is 0 Å². The summed E-state index contributed by atoms with van der Waals surface area (Å²) < 4.78 is 1.12. The van der Waals surface area contributed by atoms with E-state index in [9.17, 15) is 4.79 Å². The molecule has 0 aromatic carbocycles. The molecule has 0 aliphatic rings. The molecule has 0 atom stereocenters. The first kappa shape index (κ1) is 8.96. The SMILES string of the molecule is CC(=O)C#CCCCI. The maximum Gasteiger partial charge on any atom is 0.202 e. The maximum atomic E-state index is 10.2. The zero-order valence-corrected chi connectivity index (χ0v) is 7.57. The van der Waals surface area contributed by atoms with Gasteiger partial charge in [0.25, 0.3) is 0 Å². The van der Waals surface area contributed by atoms with Crippen LogP contribution in [0.25, 0.3) is 0 Å². The van der Waals surface area contributed by atoms with Crippen LogP contribution in [-0.2, 0) is 4.79 Å². The number of ketones is 1. The van der Waals surface area contributed by atoms with Gasteiger partial charge in [-0.3, -0.25) is 4.79 Å². The fraction of sp³-hybridized carbons (Fsp3) is 0.571. The van der Waals surface area contributed by atoms with E-state index in [1.807, 2.05) is 0 Å². The fourth-order valence-electron chi connectivity index (χ4n) is 0.342. The van der Waals surface area contributed by atoms with Crippen LogP contribution < -0.4 is 0 Å². The van der Waals surface area contributed by atoms with Gasteiger partial charge in [0.15, 0.2) is 0 Å². The Labute approximate surface area is 69.4 Å². The van der Waals surface area contributed by atoms with Crippen molar-refractivity contribution < 1.29 is 4.79 Å². The highest BCUT2D eigenvalue weighted by Crippen LogP contribution is 1.91. The topological polar surface area (TPSA) is 17.1 Å². The molecule has 0 aromatic heterocycles. The Balaban J connectivity index is 3.27. The largest absolute Gasteiger partial charge is 0.285 e. The third kappa shape index (κ3) is 7.96. The first-order chi connectivity index (χ1) is 4.27. The van der Waals surface area contributed by atoms with Crippen molar-refractivity contribution in [3.8, 4) is 11.8 Å². The van der Waals surface area contributed by atoms with Gasteiger partial charge in [-0.05, 0) is 12.3 Å². The lowest BCUT2D eigenvalue weighted by Crippen LogP contribution is -1.80. The van der Waals surface area contributed by atoms with E-state index in [4.69, 9.17) is 0 Å². The summed E-state index contributed by atoms with van der Waals surface area (Å²) in [5.74, 6) is 5.23. The van der Waals surface area contributed by atoms with E-state index in [0.29, 0.717) is 0 Å². The second-order valence-electron chi connectivity index (χ2n) is 1.65. The first-order valence-corrected chi connectivity index (χ1v) is 4.35. The molecule has 0 saturated heterocycles. The van der Waals surface area contributed by atoms with E-state index in [1.165, 1.54) is 6.92 Å². The van der Waals surface area contributed by atoms with Crippen LogP contribution in [0, 0.1) is 11.8 Å². The van der Waals surface area contributed by atoms with Gasteiger partial charge in [-0.1, -0.05) is 28.5 Å². The molecule has 0 heterocycles. The van der Waals surface area contributed by atoms with Crippen molar-refractivity contribution in [1.82, 2.24) is 0 Å². The summed E-state index contributed by atoms with van der Waals surface area (Å²) in [6.07, 6.45) is 1.93. The van der Waals surface area contributed by atoms with Crippen molar-refractivity contribution in [2.45, 2.75) is 19.8 Å². The molecule has 0 radical (unpaired) electrons. The van der Waals surface area contributed by atoms with Crippen molar-refractivity contribution in [1.29, 1.82) is 0 Å². The van der Waals surface area contributed by atoms with Gasteiger partial charge in [0.2, 0.25) is 5.78 Å². The molecule has 0 spiro atoms. The molecule has 0 aliphatic heterocycles. The Morgan fingerprint density at radius 1 is 1.67 bits per heavy atom. The molecular formula is C7H9IO. The lowest BCUT2D eigenvalue weighted by Gasteiger charge is -1.80.